The first-order valence-electron chi connectivity index (χ1n) is 9.44. The van der Waals surface area contributed by atoms with Gasteiger partial charge < -0.3 is 14.2 Å². The maximum atomic E-state index is 12.9. The molecule has 156 valence electrons. The predicted octanol–water partition coefficient (Wildman–Crippen LogP) is 5.43. The van der Waals surface area contributed by atoms with Crippen LogP contribution in [-0.2, 0) is 0 Å². The number of nitrogens with zero attached hydrogens (tertiary/aromatic N) is 2. The van der Waals surface area contributed by atoms with Crippen LogP contribution < -0.4 is 14.2 Å². The molecule has 0 saturated carbocycles. The van der Waals surface area contributed by atoms with Gasteiger partial charge in [-0.2, -0.15) is 9.78 Å². The van der Waals surface area contributed by atoms with Crippen molar-refractivity contribution in [1.29, 1.82) is 0 Å². The monoisotopic (exact) mass is 434 g/mol. The van der Waals surface area contributed by atoms with Gasteiger partial charge >= 0.3 is 5.97 Å². The molecular formula is C24H19ClN2O4. The van der Waals surface area contributed by atoms with Crippen LogP contribution in [-0.4, -0.2) is 30.0 Å². The van der Waals surface area contributed by atoms with E-state index in [-0.39, 0.29) is 11.4 Å². The normalized spacial score (nSPS) is 10.5. The van der Waals surface area contributed by atoms with Crippen LogP contribution in [0.5, 0.6) is 17.4 Å². The predicted molar refractivity (Wildman–Crippen MR) is 119 cm³/mol. The van der Waals surface area contributed by atoms with E-state index in [2.05, 4.69) is 5.10 Å². The number of ether oxygens (including phenoxy) is 3. The van der Waals surface area contributed by atoms with Gasteiger partial charge in [0.05, 0.1) is 31.2 Å². The molecule has 0 bridgehead atoms. The number of hydrogen-bond acceptors (Lipinski definition) is 5. The Morgan fingerprint density at radius 1 is 0.871 bits per heavy atom. The van der Waals surface area contributed by atoms with Crippen LogP contribution in [0.4, 0.5) is 0 Å². The number of hydrogen-bond donors (Lipinski definition) is 0. The number of carbonyl (C=O) groups is 1. The van der Waals surface area contributed by atoms with E-state index in [1.54, 1.807) is 47.1 Å². The van der Waals surface area contributed by atoms with Gasteiger partial charge in [0.25, 0.3) is 0 Å². The minimum atomic E-state index is -0.569. The Kier molecular flexibility index (Phi) is 5.91. The van der Waals surface area contributed by atoms with E-state index in [0.29, 0.717) is 27.9 Å². The lowest BCUT2D eigenvalue weighted by Crippen LogP contribution is -2.12. The third-order valence-electron chi connectivity index (χ3n) is 4.58. The Bertz CT molecular complexity index is 1200. The molecule has 0 unspecified atom stereocenters. The van der Waals surface area contributed by atoms with Crippen molar-refractivity contribution in [2.45, 2.75) is 0 Å². The highest BCUT2D eigenvalue weighted by Gasteiger charge is 2.18. The summed E-state index contributed by atoms with van der Waals surface area (Å²) in [4.78, 5) is 12.9. The highest BCUT2D eigenvalue weighted by molar-refractivity contribution is 6.30. The Morgan fingerprint density at radius 3 is 2.23 bits per heavy atom. The van der Waals surface area contributed by atoms with E-state index >= 15 is 0 Å². The molecule has 0 N–H and O–H groups in total. The topological polar surface area (TPSA) is 62.6 Å². The number of carbonyl (C=O) groups excluding carboxylic acids is 1. The minimum Gasteiger partial charge on any atom is -0.497 e. The van der Waals surface area contributed by atoms with Gasteiger partial charge in [0.15, 0.2) is 0 Å². The van der Waals surface area contributed by atoms with E-state index in [4.69, 9.17) is 25.8 Å². The molecule has 0 atom stereocenters. The Hall–Kier alpha value is -3.77. The van der Waals surface area contributed by atoms with E-state index in [9.17, 15) is 4.79 Å². The van der Waals surface area contributed by atoms with Gasteiger partial charge in [-0.05, 0) is 30.3 Å². The third-order valence-corrected chi connectivity index (χ3v) is 4.82. The first kappa shape index (κ1) is 20.5. The molecular weight excluding hydrogens is 416 g/mol. The van der Waals surface area contributed by atoms with E-state index in [1.807, 2.05) is 36.4 Å². The molecule has 0 radical (unpaired) electrons. The number of rotatable bonds is 6. The average molecular weight is 435 g/mol. The zero-order valence-electron chi connectivity index (χ0n) is 16.9. The summed E-state index contributed by atoms with van der Waals surface area (Å²) in [5.74, 6) is 0.659. The van der Waals surface area contributed by atoms with E-state index < -0.39 is 5.97 Å². The number of aromatic nitrogens is 2. The number of halogens is 1. The fourth-order valence-electron chi connectivity index (χ4n) is 3.06. The average Bonchev–Trinajstić information content (AvgIpc) is 3.23. The number of methoxy groups -OCH3 is 2. The Balaban J connectivity index is 1.75. The lowest BCUT2D eigenvalue weighted by atomic mass is 10.2. The van der Waals surface area contributed by atoms with Gasteiger partial charge in [-0.15, -0.1) is 0 Å². The summed E-state index contributed by atoms with van der Waals surface area (Å²) in [5.41, 5.74) is 2.51. The Morgan fingerprint density at radius 2 is 1.58 bits per heavy atom. The molecule has 0 saturated heterocycles. The van der Waals surface area contributed by atoms with Crippen LogP contribution in [0.25, 0.3) is 16.9 Å². The van der Waals surface area contributed by atoms with E-state index in [0.717, 1.165) is 5.56 Å². The van der Waals surface area contributed by atoms with Gasteiger partial charge in [0.2, 0.25) is 5.88 Å². The van der Waals surface area contributed by atoms with Gasteiger partial charge in [0.1, 0.15) is 11.5 Å². The van der Waals surface area contributed by atoms with Crippen molar-refractivity contribution in [3.05, 3.63) is 89.4 Å². The molecule has 1 heterocycles. The lowest BCUT2D eigenvalue weighted by molar-refractivity contribution is 0.0722. The highest BCUT2D eigenvalue weighted by Crippen LogP contribution is 2.29. The van der Waals surface area contributed by atoms with Gasteiger partial charge in [-0.1, -0.05) is 48.0 Å². The molecule has 31 heavy (non-hydrogen) atoms. The molecule has 0 aliphatic heterocycles. The quantitative estimate of drug-likeness (QED) is 0.379. The van der Waals surface area contributed by atoms with Crippen molar-refractivity contribution in [3.8, 4) is 34.3 Å². The third kappa shape index (κ3) is 4.54. The zero-order valence-corrected chi connectivity index (χ0v) is 17.7. The van der Waals surface area contributed by atoms with Crippen molar-refractivity contribution >= 4 is 17.6 Å². The van der Waals surface area contributed by atoms with Gasteiger partial charge in [-0.3, -0.25) is 0 Å². The molecule has 0 amide bonds. The largest absolute Gasteiger partial charge is 0.497 e. The molecule has 7 heteroatoms. The second kappa shape index (κ2) is 8.93. The molecule has 1 aromatic heterocycles. The molecule has 0 spiro atoms. The molecule has 4 rings (SSSR count). The fourth-order valence-corrected chi connectivity index (χ4v) is 3.24. The van der Waals surface area contributed by atoms with Crippen molar-refractivity contribution in [1.82, 2.24) is 9.78 Å². The van der Waals surface area contributed by atoms with Crippen molar-refractivity contribution in [2.75, 3.05) is 14.2 Å². The molecule has 3 aromatic carbocycles. The molecule has 6 nitrogen and oxygen atoms in total. The summed E-state index contributed by atoms with van der Waals surface area (Å²) in [6.07, 6.45) is 0. The van der Waals surface area contributed by atoms with Crippen molar-refractivity contribution in [2.24, 2.45) is 0 Å². The smallest absolute Gasteiger partial charge is 0.345 e. The van der Waals surface area contributed by atoms with Crippen LogP contribution in [0, 0.1) is 0 Å². The SMILES string of the molecule is COc1cc(OC)cc(C(=O)Oc2cc(-c3ccccc3)nn2-c2cccc(Cl)c2)c1. The van der Waals surface area contributed by atoms with Crippen molar-refractivity contribution < 1.29 is 19.0 Å². The zero-order chi connectivity index (χ0) is 21.8. The first-order valence-corrected chi connectivity index (χ1v) is 9.82. The summed E-state index contributed by atoms with van der Waals surface area (Å²) in [6.45, 7) is 0. The summed E-state index contributed by atoms with van der Waals surface area (Å²) < 4.78 is 17.8. The van der Waals surface area contributed by atoms with Gasteiger partial charge in [0, 0.05) is 22.7 Å². The second-order valence-electron chi connectivity index (χ2n) is 6.62. The highest BCUT2D eigenvalue weighted by atomic mass is 35.5. The summed E-state index contributed by atoms with van der Waals surface area (Å²) >= 11 is 6.16. The minimum absolute atomic E-state index is 0.257. The summed E-state index contributed by atoms with van der Waals surface area (Å²) in [7, 11) is 3.04. The number of benzene rings is 3. The van der Waals surface area contributed by atoms with Crippen LogP contribution in [0.3, 0.4) is 0 Å². The fraction of sp³-hybridized carbons (Fsp3) is 0.0833. The van der Waals surface area contributed by atoms with E-state index in [1.165, 1.54) is 14.2 Å². The second-order valence-corrected chi connectivity index (χ2v) is 7.05. The molecule has 0 aliphatic carbocycles. The van der Waals surface area contributed by atoms with Crippen molar-refractivity contribution in [3.63, 3.8) is 0 Å². The summed E-state index contributed by atoms with van der Waals surface area (Å²) in [6, 6.07) is 23.3. The van der Waals surface area contributed by atoms with Gasteiger partial charge in [-0.25, -0.2) is 4.79 Å². The summed E-state index contributed by atoms with van der Waals surface area (Å²) in [5, 5.41) is 5.18. The van der Waals surface area contributed by atoms with Crippen LogP contribution >= 0.6 is 11.6 Å². The van der Waals surface area contributed by atoms with Crippen LogP contribution in [0.1, 0.15) is 10.4 Å². The maximum absolute atomic E-state index is 12.9. The first-order chi connectivity index (χ1) is 15.1. The molecule has 0 fully saturated rings. The lowest BCUT2D eigenvalue weighted by Gasteiger charge is -2.10. The Labute approximate surface area is 184 Å². The molecule has 4 aromatic rings. The number of esters is 1. The van der Waals surface area contributed by atoms with Crippen LogP contribution in [0.15, 0.2) is 78.9 Å². The maximum Gasteiger partial charge on any atom is 0.345 e. The molecule has 0 aliphatic rings. The van der Waals surface area contributed by atoms with Crippen LogP contribution in [0.2, 0.25) is 5.02 Å². The standard InChI is InChI=1S/C24H19ClN2O4/c1-29-20-11-17(12-21(14-20)30-2)24(28)31-23-15-22(16-7-4-3-5-8-16)26-27(23)19-10-6-9-18(25)13-19/h3-15H,1-2H3.